The van der Waals surface area contributed by atoms with E-state index < -0.39 is 35.8 Å². The highest BCUT2D eigenvalue weighted by atomic mass is 19.4. The fraction of sp³-hybridized carbons (Fsp3) is 0.500. The van der Waals surface area contributed by atoms with Crippen LogP contribution < -0.4 is 5.32 Å². The fourth-order valence-corrected chi connectivity index (χ4v) is 2.06. The standard InChI is InChI=1S/C14H15F4NO2/c1-12(21,14(16,17)18)8-19-11(20)10-7-13(10,15)9-5-3-2-4-6-9/h2-6,10,21H,7-8H2,1H3,(H,19,20)/t10-,12-,13+/m0/s1. The quantitative estimate of drug-likeness (QED) is 0.839. The van der Waals surface area contributed by atoms with Crippen LogP contribution in [0.1, 0.15) is 18.9 Å². The Balaban J connectivity index is 1.96. The Morgan fingerprint density at radius 1 is 1.38 bits per heavy atom. The molecule has 2 rings (SSSR count). The zero-order valence-corrected chi connectivity index (χ0v) is 11.2. The minimum atomic E-state index is -4.87. The van der Waals surface area contributed by atoms with Gasteiger partial charge in [0.15, 0.2) is 5.60 Å². The van der Waals surface area contributed by atoms with Crippen molar-refractivity contribution in [3.63, 3.8) is 0 Å². The second kappa shape index (κ2) is 4.98. The second-order valence-electron chi connectivity index (χ2n) is 5.47. The van der Waals surface area contributed by atoms with Crippen LogP contribution in [-0.2, 0) is 10.5 Å². The highest BCUT2D eigenvalue weighted by Gasteiger charge is 2.61. The SMILES string of the molecule is C[C@](O)(CNC(=O)[C@@H]1C[C@@]1(F)c1ccccc1)C(F)(F)F. The van der Waals surface area contributed by atoms with Crippen LogP contribution in [0.5, 0.6) is 0 Å². The van der Waals surface area contributed by atoms with Crippen LogP contribution in [0.2, 0.25) is 0 Å². The number of benzene rings is 1. The maximum atomic E-state index is 14.5. The molecule has 0 saturated heterocycles. The molecule has 3 nitrogen and oxygen atoms in total. The molecule has 1 aliphatic carbocycles. The van der Waals surface area contributed by atoms with Gasteiger partial charge in [-0.1, -0.05) is 30.3 Å². The predicted octanol–water partition coefficient (Wildman–Crippen LogP) is 2.30. The van der Waals surface area contributed by atoms with Gasteiger partial charge in [-0.15, -0.1) is 0 Å². The van der Waals surface area contributed by atoms with Crippen molar-refractivity contribution in [2.45, 2.75) is 30.8 Å². The Morgan fingerprint density at radius 2 is 1.95 bits per heavy atom. The number of carbonyl (C=O) groups is 1. The second-order valence-corrected chi connectivity index (χ2v) is 5.47. The van der Waals surface area contributed by atoms with Crippen molar-refractivity contribution < 1.29 is 27.5 Å². The largest absolute Gasteiger partial charge is 0.418 e. The third-order valence-corrected chi connectivity index (χ3v) is 3.68. The molecule has 1 aliphatic rings. The molecule has 1 aromatic carbocycles. The summed E-state index contributed by atoms with van der Waals surface area (Å²) in [5.74, 6) is -1.85. The molecule has 21 heavy (non-hydrogen) atoms. The summed E-state index contributed by atoms with van der Waals surface area (Å²) in [4.78, 5) is 11.7. The molecule has 0 aliphatic heterocycles. The van der Waals surface area contributed by atoms with Crippen LogP contribution in [0.4, 0.5) is 17.6 Å². The van der Waals surface area contributed by atoms with Crippen molar-refractivity contribution in [1.82, 2.24) is 5.32 Å². The van der Waals surface area contributed by atoms with E-state index in [0.29, 0.717) is 12.5 Å². The molecule has 0 spiro atoms. The number of hydrogen-bond donors (Lipinski definition) is 2. The lowest BCUT2D eigenvalue weighted by molar-refractivity contribution is -0.250. The Morgan fingerprint density at radius 3 is 2.48 bits per heavy atom. The Hall–Kier alpha value is -1.63. The van der Waals surface area contributed by atoms with Gasteiger partial charge in [0, 0.05) is 6.42 Å². The number of hydrogen-bond acceptors (Lipinski definition) is 2. The van der Waals surface area contributed by atoms with Gasteiger partial charge in [-0.05, 0) is 12.5 Å². The molecular weight excluding hydrogens is 290 g/mol. The van der Waals surface area contributed by atoms with E-state index in [1.54, 1.807) is 18.2 Å². The number of amides is 1. The van der Waals surface area contributed by atoms with Crippen LogP contribution >= 0.6 is 0 Å². The first kappa shape index (κ1) is 15.8. The molecule has 0 bridgehead atoms. The van der Waals surface area contributed by atoms with Crippen molar-refractivity contribution >= 4 is 5.91 Å². The molecule has 116 valence electrons. The minimum absolute atomic E-state index is 0.0724. The molecule has 1 saturated carbocycles. The lowest BCUT2D eigenvalue weighted by Gasteiger charge is -2.26. The van der Waals surface area contributed by atoms with Gasteiger partial charge >= 0.3 is 6.18 Å². The van der Waals surface area contributed by atoms with Gasteiger partial charge in [-0.25, -0.2) is 4.39 Å². The summed E-state index contributed by atoms with van der Waals surface area (Å²) in [7, 11) is 0. The third-order valence-electron chi connectivity index (χ3n) is 3.68. The van der Waals surface area contributed by atoms with Crippen molar-refractivity contribution in [2.24, 2.45) is 5.92 Å². The first-order chi connectivity index (χ1) is 9.58. The fourth-order valence-electron chi connectivity index (χ4n) is 2.06. The van der Waals surface area contributed by atoms with Crippen LogP contribution in [0, 0.1) is 5.92 Å². The summed E-state index contributed by atoms with van der Waals surface area (Å²) in [5, 5.41) is 11.2. The number of alkyl halides is 4. The van der Waals surface area contributed by atoms with E-state index in [0.717, 1.165) is 0 Å². The molecule has 0 aromatic heterocycles. The predicted molar refractivity (Wildman–Crippen MR) is 67.0 cm³/mol. The molecule has 1 aromatic rings. The summed E-state index contributed by atoms with van der Waals surface area (Å²) in [6.07, 6.45) is -4.94. The molecule has 2 N–H and O–H groups in total. The summed E-state index contributed by atoms with van der Waals surface area (Å²) < 4.78 is 51.8. The first-order valence-electron chi connectivity index (χ1n) is 6.39. The minimum Gasteiger partial charge on any atom is -0.379 e. The molecule has 7 heteroatoms. The number of rotatable bonds is 4. The molecule has 3 atom stereocenters. The topological polar surface area (TPSA) is 49.3 Å². The molecule has 0 radical (unpaired) electrons. The molecule has 0 heterocycles. The number of nitrogens with one attached hydrogen (secondary N) is 1. The van der Waals surface area contributed by atoms with Gasteiger partial charge in [0.1, 0.15) is 5.67 Å². The van der Waals surface area contributed by atoms with Crippen molar-refractivity contribution in [1.29, 1.82) is 0 Å². The van der Waals surface area contributed by atoms with E-state index in [4.69, 9.17) is 0 Å². The summed E-state index contributed by atoms with van der Waals surface area (Å²) in [5.41, 5.74) is -4.55. The van der Waals surface area contributed by atoms with Gasteiger partial charge in [0.05, 0.1) is 12.5 Å². The average molecular weight is 305 g/mol. The molecule has 0 unspecified atom stereocenters. The third kappa shape index (κ3) is 3.02. The molecule has 1 fully saturated rings. The highest BCUT2D eigenvalue weighted by molar-refractivity contribution is 5.83. The zero-order chi connectivity index (χ0) is 15.9. The maximum Gasteiger partial charge on any atom is 0.418 e. The van der Waals surface area contributed by atoms with E-state index in [2.05, 4.69) is 0 Å². The summed E-state index contributed by atoms with van der Waals surface area (Å²) >= 11 is 0. The normalized spacial score (nSPS) is 27.8. The van der Waals surface area contributed by atoms with Crippen molar-refractivity contribution in [3.8, 4) is 0 Å². The molecular formula is C14H15F4NO2. The van der Waals surface area contributed by atoms with Gasteiger partial charge in [-0.2, -0.15) is 13.2 Å². The summed E-state index contributed by atoms with van der Waals surface area (Å²) in [6.45, 7) is -0.448. The summed E-state index contributed by atoms with van der Waals surface area (Å²) in [6, 6.07) is 8.00. The average Bonchev–Trinajstić information content (AvgIpc) is 3.10. The van der Waals surface area contributed by atoms with E-state index in [-0.39, 0.29) is 6.42 Å². The van der Waals surface area contributed by atoms with E-state index in [1.165, 1.54) is 12.1 Å². The first-order valence-corrected chi connectivity index (χ1v) is 6.39. The van der Waals surface area contributed by atoms with E-state index >= 15 is 0 Å². The van der Waals surface area contributed by atoms with Crippen LogP contribution in [-0.4, -0.2) is 29.3 Å². The van der Waals surface area contributed by atoms with E-state index in [9.17, 15) is 27.5 Å². The van der Waals surface area contributed by atoms with Crippen LogP contribution in [0.25, 0.3) is 0 Å². The van der Waals surface area contributed by atoms with Gasteiger partial charge in [0.25, 0.3) is 0 Å². The Labute approximate surface area is 119 Å². The lowest BCUT2D eigenvalue weighted by atomic mass is 10.1. The molecule has 1 amide bonds. The maximum absolute atomic E-state index is 14.5. The van der Waals surface area contributed by atoms with Crippen molar-refractivity contribution in [2.75, 3.05) is 6.54 Å². The van der Waals surface area contributed by atoms with Crippen LogP contribution in [0.3, 0.4) is 0 Å². The van der Waals surface area contributed by atoms with Gasteiger partial charge < -0.3 is 10.4 Å². The van der Waals surface area contributed by atoms with Gasteiger partial charge in [0.2, 0.25) is 5.91 Å². The number of carbonyl (C=O) groups excluding carboxylic acids is 1. The smallest absolute Gasteiger partial charge is 0.379 e. The van der Waals surface area contributed by atoms with E-state index in [1.807, 2.05) is 5.32 Å². The Bertz CT molecular complexity index is 530. The number of halogens is 4. The van der Waals surface area contributed by atoms with Gasteiger partial charge in [-0.3, -0.25) is 4.79 Å². The Kier molecular flexibility index (Phi) is 3.73. The highest BCUT2D eigenvalue weighted by Crippen LogP contribution is 2.55. The zero-order valence-electron chi connectivity index (χ0n) is 11.2. The van der Waals surface area contributed by atoms with Crippen LogP contribution in [0.15, 0.2) is 30.3 Å². The lowest BCUT2D eigenvalue weighted by Crippen LogP contribution is -2.51. The van der Waals surface area contributed by atoms with Crippen molar-refractivity contribution in [3.05, 3.63) is 35.9 Å². The number of aliphatic hydroxyl groups is 1. The monoisotopic (exact) mass is 305 g/mol.